The van der Waals surface area contributed by atoms with E-state index >= 15 is 0 Å². The Labute approximate surface area is 118 Å². The van der Waals surface area contributed by atoms with Crippen molar-refractivity contribution in [3.63, 3.8) is 0 Å². The second-order valence-corrected chi connectivity index (χ2v) is 4.68. The maximum absolute atomic E-state index is 12.0. The van der Waals surface area contributed by atoms with Gasteiger partial charge in [-0.15, -0.1) is 0 Å². The monoisotopic (exact) mass is 273 g/mol. The van der Waals surface area contributed by atoms with Crippen LogP contribution >= 0.6 is 0 Å². The van der Waals surface area contributed by atoms with Crippen molar-refractivity contribution in [1.29, 1.82) is 0 Å². The maximum Gasteiger partial charge on any atom is 0.269 e. The van der Waals surface area contributed by atoms with Crippen LogP contribution in [0.1, 0.15) is 12.5 Å². The summed E-state index contributed by atoms with van der Waals surface area (Å²) in [7, 11) is 3.76. The van der Waals surface area contributed by atoms with Crippen LogP contribution in [-0.2, 0) is 6.54 Å². The average molecular weight is 273 g/mol. The Hall–Kier alpha value is -2.37. The van der Waals surface area contributed by atoms with Crippen LogP contribution in [0.5, 0.6) is 0 Å². The average Bonchev–Trinajstić information content (AvgIpc) is 2.42. The van der Waals surface area contributed by atoms with Gasteiger partial charge >= 0.3 is 0 Å². The third-order valence-corrected chi connectivity index (χ3v) is 2.89. The molecule has 0 amide bonds. The lowest BCUT2D eigenvalue weighted by atomic mass is 10.2. The fourth-order valence-electron chi connectivity index (χ4n) is 1.81. The molecule has 0 saturated heterocycles. The first kappa shape index (κ1) is 14.0. The highest BCUT2D eigenvalue weighted by Crippen LogP contribution is 2.08. The smallest absolute Gasteiger partial charge is 0.269 e. The molecule has 2 aromatic rings. The normalized spacial score (nSPS) is 10.3. The van der Waals surface area contributed by atoms with Gasteiger partial charge in [0.05, 0.1) is 18.4 Å². The van der Waals surface area contributed by atoms with Crippen molar-refractivity contribution in [2.24, 2.45) is 0 Å². The molecule has 0 saturated carbocycles. The minimum absolute atomic E-state index is 0.113. The van der Waals surface area contributed by atoms with Gasteiger partial charge in [0.25, 0.3) is 5.56 Å². The zero-order valence-electron chi connectivity index (χ0n) is 12.0. The predicted octanol–water partition coefficient (Wildman–Crippen LogP) is 1.18. The molecule has 20 heavy (non-hydrogen) atoms. The highest BCUT2D eigenvalue weighted by atomic mass is 16.1. The number of hydrogen-bond acceptors (Lipinski definition) is 5. The SMILES string of the molecule is CCNc1cc(Cn2ncc(N(C)C)cc2=O)ccn1. The number of nitrogens with one attached hydrogen (secondary N) is 1. The van der Waals surface area contributed by atoms with E-state index in [2.05, 4.69) is 15.4 Å². The van der Waals surface area contributed by atoms with Gasteiger partial charge in [-0.05, 0) is 24.6 Å². The van der Waals surface area contributed by atoms with Crippen LogP contribution in [0.3, 0.4) is 0 Å². The molecule has 2 rings (SSSR count). The second-order valence-electron chi connectivity index (χ2n) is 4.68. The zero-order valence-corrected chi connectivity index (χ0v) is 12.0. The fourth-order valence-corrected chi connectivity index (χ4v) is 1.81. The van der Waals surface area contributed by atoms with E-state index in [-0.39, 0.29) is 5.56 Å². The summed E-state index contributed by atoms with van der Waals surface area (Å²) in [6.07, 6.45) is 3.42. The minimum atomic E-state index is -0.113. The van der Waals surface area contributed by atoms with Crippen molar-refractivity contribution >= 4 is 11.5 Å². The standard InChI is InChI=1S/C14H19N5O/c1-4-15-13-7-11(5-6-16-13)10-19-14(20)8-12(9-17-19)18(2)3/h5-9H,4,10H2,1-3H3,(H,15,16). The minimum Gasteiger partial charge on any atom is -0.376 e. The largest absolute Gasteiger partial charge is 0.376 e. The Kier molecular flexibility index (Phi) is 4.34. The summed E-state index contributed by atoms with van der Waals surface area (Å²) in [5.41, 5.74) is 1.68. The summed E-state index contributed by atoms with van der Waals surface area (Å²) >= 11 is 0. The third kappa shape index (κ3) is 3.34. The van der Waals surface area contributed by atoms with Gasteiger partial charge in [0, 0.05) is 32.9 Å². The molecule has 0 atom stereocenters. The van der Waals surface area contributed by atoms with Crippen LogP contribution < -0.4 is 15.8 Å². The lowest BCUT2D eigenvalue weighted by molar-refractivity contribution is 0.638. The Bertz CT molecular complexity index is 635. The van der Waals surface area contributed by atoms with Crippen molar-refractivity contribution in [1.82, 2.24) is 14.8 Å². The third-order valence-electron chi connectivity index (χ3n) is 2.89. The molecular weight excluding hydrogens is 254 g/mol. The van der Waals surface area contributed by atoms with Crippen molar-refractivity contribution in [2.45, 2.75) is 13.5 Å². The van der Waals surface area contributed by atoms with E-state index in [0.717, 1.165) is 23.6 Å². The molecule has 1 N–H and O–H groups in total. The highest BCUT2D eigenvalue weighted by Gasteiger charge is 2.03. The molecule has 0 aliphatic carbocycles. The quantitative estimate of drug-likeness (QED) is 0.886. The molecule has 0 aliphatic rings. The summed E-state index contributed by atoms with van der Waals surface area (Å²) in [6.45, 7) is 3.26. The van der Waals surface area contributed by atoms with E-state index in [9.17, 15) is 4.79 Å². The molecule has 0 fully saturated rings. The number of aromatic nitrogens is 3. The van der Waals surface area contributed by atoms with Gasteiger partial charge < -0.3 is 10.2 Å². The van der Waals surface area contributed by atoms with Gasteiger partial charge in [0.1, 0.15) is 5.82 Å². The summed E-state index contributed by atoms with van der Waals surface area (Å²) in [5, 5.41) is 7.34. The van der Waals surface area contributed by atoms with Crippen LogP contribution in [-0.4, -0.2) is 35.4 Å². The molecule has 0 spiro atoms. The van der Waals surface area contributed by atoms with E-state index in [0.29, 0.717) is 6.54 Å². The lowest BCUT2D eigenvalue weighted by Gasteiger charge is -2.12. The first-order chi connectivity index (χ1) is 9.60. The van der Waals surface area contributed by atoms with Gasteiger partial charge in [-0.2, -0.15) is 5.10 Å². The first-order valence-corrected chi connectivity index (χ1v) is 6.53. The van der Waals surface area contributed by atoms with Gasteiger partial charge in [0.2, 0.25) is 0 Å². The van der Waals surface area contributed by atoms with E-state index in [4.69, 9.17) is 0 Å². The Morgan fingerprint density at radius 2 is 2.15 bits per heavy atom. The molecule has 0 bridgehead atoms. The second kappa shape index (κ2) is 6.18. The topological polar surface area (TPSA) is 63.1 Å². The lowest BCUT2D eigenvalue weighted by Crippen LogP contribution is -2.24. The van der Waals surface area contributed by atoms with Crippen molar-refractivity contribution in [3.05, 3.63) is 46.5 Å². The van der Waals surface area contributed by atoms with E-state index in [1.807, 2.05) is 38.1 Å². The van der Waals surface area contributed by atoms with Gasteiger partial charge in [-0.25, -0.2) is 9.67 Å². The number of pyridine rings is 1. The molecule has 0 unspecified atom stereocenters. The Balaban J connectivity index is 2.22. The van der Waals surface area contributed by atoms with Crippen LogP contribution in [0.4, 0.5) is 11.5 Å². The first-order valence-electron chi connectivity index (χ1n) is 6.53. The van der Waals surface area contributed by atoms with E-state index in [1.54, 1.807) is 18.5 Å². The molecule has 2 aromatic heterocycles. The Morgan fingerprint density at radius 1 is 1.35 bits per heavy atom. The molecule has 106 valence electrons. The molecule has 6 heteroatoms. The maximum atomic E-state index is 12.0. The molecule has 2 heterocycles. The van der Waals surface area contributed by atoms with Gasteiger partial charge in [-0.3, -0.25) is 4.79 Å². The number of nitrogens with zero attached hydrogens (tertiary/aromatic N) is 4. The summed E-state index contributed by atoms with van der Waals surface area (Å²) in [5.74, 6) is 0.808. The van der Waals surface area contributed by atoms with Crippen LogP contribution in [0.15, 0.2) is 35.4 Å². The van der Waals surface area contributed by atoms with Crippen LogP contribution in [0, 0.1) is 0 Å². The number of anilines is 2. The fraction of sp³-hybridized carbons (Fsp3) is 0.357. The summed E-state index contributed by atoms with van der Waals surface area (Å²) in [4.78, 5) is 18.1. The molecule has 6 nitrogen and oxygen atoms in total. The summed E-state index contributed by atoms with van der Waals surface area (Å²) < 4.78 is 1.44. The highest BCUT2D eigenvalue weighted by molar-refractivity contribution is 5.41. The molecular formula is C14H19N5O. The van der Waals surface area contributed by atoms with Crippen molar-refractivity contribution in [3.8, 4) is 0 Å². The molecule has 0 aromatic carbocycles. The van der Waals surface area contributed by atoms with Crippen molar-refractivity contribution in [2.75, 3.05) is 30.9 Å². The van der Waals surface area contributed by atoms with Gasteiger partial charge in [-0.1, -0.05) is 0 Å². The number of hydrogen-bond donors (Lipinski definition) is 1. The molecule has 0 radical (unpaired) electrons. The van der Waals surface area contributed by atoms with Crippen LogP contribution in [0.25, 0.3) is 0 Å². The van der Waals surface area contributed by atoms with Crippen molar-refractivity contribution < 1.29 is 0 Å². The Morgan fingerprint density at radius 3 is 2.80 bits per heavy atom. The van der Waals surface area contributed by atoms with Gasteiger partial charge in [0.15, 0.2) is 0 Å². The van der Waals surface area contributed by atoms with Crippen LogP contribution in [0.2, 0.25) is 0 Å². The summed E-state index contributed by atoms with van der Waals surface area (Å²) in [6, 6.07) is 5.39. The zero-order chi connectivity index (χ0) is 14.5. The predicted molar refractivity (Wildman–Crippen MR) is 80.3 cm³/mol. The molecule has 0 aliphatic heterocycles. The number of rotatable bonds is 5. The van der Waals surface area contributed by atoms with E-state index < -0.39 is 0 Å². The van der Waals surface area contributed by atoms with E-state index in [1.165, 1.54) is 4.68 Å².